The van der Waals surface area contributed by atoms with Crippen molar-refractivity contribution < 1.29 is 22.5 Å². The van der Waals surface area contributed by atoms with E-state index in [2.05, 4.69) is 24.6 Å². The number of aromatic nitrogens is 4. The van der Waals surface area contributed by atoms with Crippen molar-refractivity contribution in [2.24, 2.45) is 11.1 Å². The lowest BCUT2D eigenvalue weighted by Crippen LogP contribution is -2.24. The summed E-state index contributed by atoms with van der Waals surface area (Å²) in [5, 5.41) is 22.5. The van der Waals surface area contributed by atoms with E-state index < -0.39 is 22.3 Å². The molecule has 0 aliphatic heterocycles. The molecule has 11 nitrogen and oxygen atoms in total. The third kappa shape index (κ3) is 6.40. The summed E-state index contributed by atoms with van der Waals surface area (Å²) < 4.78 is 28.3. The Kier molecular flexibility index (Phi) is 7.15. The van der Waals surface area contributed by atoms with E-state index in [0.29, 0.717) is 25.2 Å². The monoisotopic (exact) mass is 450 g/mol. The molecule has 31 heavy (non-hydrogen) atoms. The van der Waals surface area contributed by atoms with Gasteiger partial charge < -0.3 is 10.4 Å². The van der Waals surface area contributed by atoms with Crippen LogP contribution in [0.2, 0.25) is 0 Å². The van der Waals surface area contributed by atoms with Gasteiger partial charge in [-0.05, 0) is 32.8 Å². The average Bonchev–Trinajstić information content (AvgIpc) is 3.30. The molecule has 0 saturated heterocycles. The zero-order valence-electron chi connectivity index (χ0n) is 17.3. The van der Waals surface area contributed by atoms with Gasteiger partial charge in [-0.1, -0.05) is 11.6 Å². The summed E-state index contributed by atoms with van der Waals surface area (Å²) >= 11 is 0. The van der Waals surface area contributed by atoms with Crippen molar-refractivity contribution in [1.82, 2.24) is 19.7 Å². The second kappa shape index (κ2) is 9.64. The van der Waals surface area contributed by atoms with Crippen LogP contribution in [0.25, 0.3) is 0 Å². The number of allylic oxidation sites excluding steroid dienone is 2. The third-order valence-electron chi connectivity index (χ3n) is 4.96. The number of hydrogen-bond acceptors (Lipinski definition) is 9. The Bertz CT molecular complexity index is 1060. The summed E-state index contributed by atoms with van der Waals surface area (Å²) in [5.41, 5.74) is 1.68. The molecule has 0 amide bonds. The predicted molar refractivity (Wildman–Crippen MR) is 112 cm³/mol. The Morgan fingerprint density at radius 2 is 2.19 bits per heavy atom. The van der Waals surface area contributed by atoms with Gasteiger partial charge in [0.05, 0.1) is 24.8 Å². The Hall–Kier alpha value is -2.67. The first kappa shape index (κ1) is 23.0. The smallest absolute Gasteiger partial charge is 0.333 e. The van der Waals surface area contributed by atoms with E-state index >= 15 is 0 Å². The molecule has 0 spiro atoms. The number of rotatable bonds is 9. The molecule has 1 aliphatic carbocycles. The number of nitrogens with one attached hydrogen (secondary N) is 1. The van der Waals surface area contributed by atoms with Gasteiger partial charge in [0, 0.05) is 24.4 Å². The van der Waals surface area contributed by atoms with Crippen molar-refractivity contribution >= 4 is 21.9 Å². The largest absolute Gasteiger partial charge is 0.393 e. The van der Waals surface area contributed by atoms with Crippen LogP contribution in [0.15, 0.2) is 36.4 Å². The number of aliphatic hydroxyl groups is 1. The number of hydrogen-bond donors (Lipinski definition) is 3. The molecule has 0 unspecified atom stereocenters. The van der Waals surface area contributed by atoms with Gasteiger partial charge in [-0.2, -0.15) is 13.5 Å². The highest BCUT2D eigenvalue weighted by atomic mass is 32.2. The van der Waals surface area contributed by atoms with Crippen molar-refractivity contribution in [3.05, 3.63) is 47.7 Å². The SMILES string of the molecule is CC(C)=CCn1ccc(C(=O)c2cncnc2N[C@@H]2C[C@H](COS(N)(=O)=O)[C@@H](O)C2)n1. The average molecular weight is 451 g/mol. The van der Waals surface area contributed by atoms with Gasteiger partial charge in [-0.15, -0.1) is 0 Å². The molecule has 0 radical (unpaired) electrons. The van der Waals surface area contributed by atoms with E-state index in [-0.39, 0.29) is 29.7 Å². The molecule has 3 atom stereocenters. The first-order valence-electron chi connectivity index (χ1n) is 9.75. The molecule has 2 heterocycles. The van der Waals surface area contributed by atoms with Gasteiger partial charge in [0.15, 0.2) is 0 Å². The number of nitrogens with two attached hydrogens (primary N) is 1. The lowest BCUT2D eigenvalue weighted by Gasteiger charge is -2.15. The molecular formula is C19H26N6O5S. The van der Waals surface area contributed by atoms with E-state index in [1.54, 1.807) is 16.9 Å². The number of nitrogens with zero attached hydrogens (tertiary/aromatic N) is 4. The standard InChI is InChI=1S/C19H26N6O5S/c1-12(2)3-5-25-6-4-16(24-25)18(27)15-9-21-11-22-19(15)23-14-7-13(17(26)8-14)10-30-31(20,28)29/h3-4,6,9,11,13-14,17,26H,5,7-8,10H2,1-2H3,(H2,20,28,29)(H,21,22,23)/t13-,14-,17+/m1/s1. The molecular weight excluding hydrogens is 424 g/mol. The molecule has 12 heteroatoms. The van der Waals surface area contributed by atoms with Crippen LogP contribution in [0.4, 0.5) is 5.82 Å². The van der Waals surface area contributed by atoms with Gasteiger partial charge in [-0.3, -0.25) is 13.7 Å². The van der Waals surface area contributed by atoms with Crippen LogP contribution in [0.5, 0.6) is 0 Å². The van der Waals surface area contributed by atoms with Crippen molar-refractivity contribution in [3.63, 3.8) is 0 Å². The van der Waals surface area contributed by atoms with Crippen molar-refractivity contribution in [3.8, 4) is 0 Å². The summed E-state index contributed by atoms with van der Waals surface area (Å²) in [7, 11) is -4.08. The molecule has 2 aromatic rings. The Morgan fingerprint density at radius 3 is 2.90 bits per heavy atom. The second-order valence-electron chi connectivity index (χ2n) is 7.74. The Balaban J connectivity index is 1.69. The number of aliphatic hydroxyl groups excluding tert-OH is 1. The topological polar surface area (TPSA) is 162 Å². The number of carbonyl (C=O) groups excluding carboxylic acids is 1. The Labute approximate surface area is 180 Å². The predicted octanol–water partition coefficient (Wildman–Crippen LogP) is 0.642. The minimum absolute atomic E-state index is 0.211. The van der Waals surface area contributed by atoms with Crippen LogP contribution in [0, 0.1) is 5.92 Å². The molecule has 2 aromatic heterocycles. The van der Waals surface area contributed by atoms with E-state index in [1.165, 1.54) is 12.5 Å². The molecule has 0 aromatic carbocycles. The first-order chi connectivity index (χ1) is 14.6. The van der Waals surface area contributed by atoms with Crippen molar-refractivity contribution in [2.75, 3.05) is 11.9 Å². The van der Waals surface area contributed by atoms with Gasteiger partial charge >= 0.3 is 10.3 Å². The molecule has 1 fully saturated rings. The summed E-state index contributed by atoms with van der Waals surface area (Å²) in [5.74, 6) is -0.418. The normalized spacial score (nSPS) is 21.1. The molecule has 1 aliphatic rings. The van der Waals surface area contributed by atoms with Gasteiger partial charge in [-0.25, -0.2) is 15.1 Å². The van der Waals surface area contributed by atoms with Gasteiger partial charge in [0.2, 0.25) is 5.78 Å². The number of ketones is 1. The third-order valence-corrected chi connectivity index (χ3v) is 5.43. The molecule has 168 valence electrons. The lowest BCUT2D eigenvalue weighted by atomic mass is 10.1. The number of carbonyl (C=O) groups is 1. The van der Waals surface area contributed by atoms with Crippen LogP contribution in [0.3, 0.4) is 0 Å². The second-order valence-corrected chi connectivity index (χ2v) is 8.96. The van der Waals surface area contributed by atoms with Gasteiger partial charge in [0.25, 0.3) is 0 Å². The maximum atomic E-state index is 13.0. The van der Waals surface area contributed by atoms with Crippen LogP contribution in [-0.2, 0) is 21.0 Å². The van der Waals surface area contributed by atoms with Crippen LogP contribution in [0.1, 0.15) is 42.7 Å². The molecule has 3 rings (SSSR count). The minimum atomic E-state index is -4.08. The molecule has 4 N–H and O–H groups in total. The molecule has 1 saturated carbocycles. The zero-order chi connectivity index (χ0) is 22.6. The fourth-order valence-electron chi connectivity index (χ4n) is 3.38. The maximum Gasteiger partial charge on any atom is 0.333 e. The van der Waals surface area contributed by atoms with Gasteiger partial charge in [0.1, 0.15) is 17.8 Å². The summed E-state index contributed by atoms with van der Waals surface area (Å²) in [6.45, 7) is 4.33. The fraction of sp³-hybridized carbons (Fsp3) is 0.474. The van der Waals surface area contributed by atoms with Crippen molar-refractivity contribution in [1.29, 1.82) is 0 Å². The first-order valence-corrected chi connectivity index (χ1v) is 11.2. The van der Waals surface area contributed by atoms with Crippen LogP contribution < -0.4 is 10.5 Å². The van der Waals surface area contributed by atoms with E-state index in [9.17, 15) is 18.3 Å². The van der Waals surface area contributed by atoms with E-state index in [1.807, 2.05) is 19.9 Å². The van der Waals surface area contributed by atoms with Crippen molar-refractivity contribution in [2.45, 2.75) is 45.4 Å². The lowest BCUT2D eigenvalue weighted by molar-refractivity contribution is 0.101. The Morgan fingerprint density at radius 1 is 1.42 bits per heavy atom. The molecule has 0 bridgehead atoms. The quantitative estimate of drug-likeness (QED) is 0.367. The van der Waals surface area contributed by atoms with Crippen LogP contribution in [-0.4, -0.2) is 57.8 Å². The minimum Gasteiger partial charge on any atom is -0.393 e. The van der Waals surface area contributed by atoms with Crippen LogP contribution >= 0.6 is 0 Å². The zero-order valence-corrected chi connectivity index (χ0v) is 18.1. The highest BCUT2D eigenvalue weighted by molar-refractivity contribution is 7.84. The summed E-state index contributed by atoms with van der Waals surface area (Å²) in [6, 6.07) is 1.40. The maximum absolute atomic E-state index is 13.0. The highest BCUT2D eigenvalue weighted by Gasteiger charge is 2.34. The fourth-order valence-corrected chi connectivity index (χ4v) is 3.75. The van der Waals surface area contributed by atoms with E-state index in [0.717, 1.165) is 5.57 Å². The highest BCUT2D eigenvalue weighted by Crippen LogP contribution is 2.29. The number of anilines is 1. The summed E-state index contributed by atoms with van der Waals surface area (Å²) in [6.07, 6.45) is 6.46. The van der Waals surface area contributed by atoms with E-state index in [4.69, 9.17) is 5.14 Å². The summed E-state index contributed by atoms with van der Waals surface area (Å²) in [4.78, 5) is 21.1.